The maximum Gasteiger partial charge on any atom is 0.0433 e. The van der Waals surface area contributed by atoms with Crippen LogP contribution in [0.25, 0.3) is 6.08 Å². The third-order valence-electron chi connectivity index (χ3n) is 5.37. The summed E-state index contributed by atoms with van der Waals surface area (Å²) in [6.07, 6.45) is 9.31. The number of piperidine rings is 1. The van der Waals surface area contributed by atoms with E-state index in [-0.39, 0.29) is 0 Å². The van der Waals surface area contributed by atoms with Crippen molar-refractivity contribution in [3.8, 4) is 0 Å². The topological polar surface area (TPSA) is 6.48 Å². The molecule has 1 atom stereocenters. The number of hydrogen-bond acceptors (Lipinski definition) is 3. The first kappa shape index (κ1) is 16.7. The van der Waals surface area contributed by atoms with Crippen molar-refractivity contribution in [1.29, 1.82) is 0 Å². The average Bonchev–Trinajstić information content (AvgIpc) is 2.68. The molecular formula is C22H26N2S. The van der Waals surface area contributed by atoms with E-state index in [0.717, 1.165) is 19.6 Å². The number of nitrogens with zero attached hydrogens (tertiary/aromatic N) is 2. The van der Waals surface area contributed by atoms with Crippen molar-refractivity contribution in [2.75, 3.05) is 19.3 Å². The van der Waals surface area contributed by atoms with Crippen LogP contribution < -0.4 is 0 Å². The molecule has 1 saturated heterocycles. The van der Waals surface area contributed by atoms with Gasteiger partial charge < -0.3 is 4.90 Å². The zero-order valence-corrected chi connectivity index (χ0v) is 15.7. The first-order valence-corrected chi connectivity index (χ1v) is 10.4. The van der Waals surface area contributed by atoms with E-state index >= 15 is 0 Å². The van der Waals surface area contributed by atoms with Gasteiger partial charge in [0.1, 0.15) is 0 Å². The smallest absolute Gasteiger partial charge is 0.0433 e. The van der Waals surface area contributed by atoms with Gasteiger partial charge in [-0.05, 0) is 60.5 Å². The quantitative estimate of drug-likeness (QED) is 0.727. The second-order valence-corrected chi connectivity index (χ2v) is 7.95. The molecule has 2 aliphatic rings. The number of thioether (sulfide) groups is 1. The van der Waals surface area contributed by atoms with Gasteiger partial charge in [-0.1, -0.05) is 36.4 Å². The molecule has 0 spiro atoms. The maximum atomic E-state index is 2.62. The lowest BCUT2D eigenvalue weighted by atomic mass is 9.99. The Bertz CT molecular complexity index is 738. The van der Waals surface area contributed by atoms with Gasteiger partial charge in [0, 0.05) is 36.8 Å². The van der Waals surface area contributed by atoms with Gasteiger partial charge in [0.25, 0.3) is 0 Å². The van der Waals surface area contributed by atoms with Gasteiger partial charge >= 0.3 is 0 Å². The normalized spacial score (nSPS) is 20.5. The van der Waals surface area contributed by atoms with Crippen molar-refractivity contribution in [3.63, 3.8) is 0 Å². The van der Waals surface area contributed by atoms with E-state index in [1.54, 1.807) is 0 Å². The summed E-state index contributed by atoms with van der Waals surface area (Å²) in [7, 11) is 0. The van der Waals surface area contributed by atoms with Crippen molar-refractivity contribution >= 4 is 17.8 Å². The molecule has 2 heterocycles. The molecule has 0 saturated carbocycles. The Morgan fingerprint density at radius 1 is 1.08 bits per heavy atom. The highest BCUT2D eigenvalue weighted by atomic mass is 32.2. The summed E-state index contributed by atoms with van der Waals surface area (Å²) in [6, 6.07) is 18.4. The molecule has 130 valence electrons. The summed E-state index contributed by atoms with van der Waals surface area (Å²) in [6.45, 7) is 4.50. The van der Waals surface area contributed by atoms with Gasteiger partial charge in [0.2, 0.25) is 0 Å². The Balaban J connectivity index is 1.39. The van der Waals surface area contributed by atoms with E-state index in [4.69, 9.17) is 0 Å². The van der Waals surface area contributed by atoms with Crippen LogP contribution >= 0.6 is 11.8 Å². The summed E-state index contributed by atoms with van der Waals surface area (Å²) in [5.74, 6) is 0. The van der Waals surface area contributed by atoms with E-state index in [9.17, 15) is 0 Å². The predicted octanol–water partition coefficient (Wildman–Crippen LogP) is 4.86. The van der Waals surface area contributed by atoms with E-state index in [0.29, 0.717) is 6.04 Å². The van der Waals surface area contributed by atoms with Crippen LogP contribution in [0.2, 0.25) is 0 Å². The molecule has 2 aliphatic heterocycles. The fraction of sp³-hybridized carbons (Fsp3) is 0.364. The number of hydrogen-bond donors (Lipinski definition) is 0. The first-order valence-electron chi connectivity index (χ1n) is 9.19. The van der Waals surface area contributed by atoms with Gasteiger partial charge in [-0.3, -0.25) is 4.90 Å². The van der Waals surface area contributed by atoms with E-state index < -0.39 is 0 Å². The molecule has 25 heavy (non-hydrogen) atoms. The highest BCUT2D eigenvalue weighted by Crippen LogP contribution is 2.26. The van der Waals surface area contributed by atoms with Crippen LogP contribution in [-0.4, -0.2) is 35.2 Å². The Hall–Kier alpha value is -1.71. The Morgan fingerprint density at radius 3 is 2.76 bits per heavy atom. The van der Waals surface area contributed by atoms with Crippen LogP contribution in [0.1, 0.15) is 29.5 Å². The summed E-state index contributed by atoms with van der Waals surface area (Å²) in [5, 5.41) is 0. The SMILES string of the molecule is CSc1ccc(CN2CCCC(N3C=Cc4ccccc4C3)C2)cc1. The minimum Gasteiger partial charge on any atom is -0.369 e. The number of benzene rings is 2. The molecule has 2 aromatic rings. The maximum absolute atomic E-state index is 2.62. The molecule has 0 N–H and O–H groups in total. The number of likely N-dealkylation sites (tertiary alicyclic amines) is 1. The summed E-state index contributed by atoms with van der Waals surface area (Å²) < 4.78 is 0. The van der Waals surface area contributed by atoms with Crippen LogP contribution in [0.4, 0.5) is 0 Å². The Morgan fingerprint density at radius 2 is 1.92 bits per heavy atom. The van der Waals surface area contributed by atoms with E-state index in [1.807, 2.05) is 11.8 Å². The van der Waals surface area contributed by atoms with Gasteiger partial charge in [0.15, 0.2) is 0 Å². The third kappa shape index (κ3) is 3.94. The lowest BCUT2D eigenvalue weighted by Gasteiger charge is -2.40. The average molecular weight is 351 g/mol. The van der Waals surface area contributed by atoms with Crippen LogP contribution in [0.3, 0.4) is 0 Å². The van der Waals surface area contributed by atoms with Crippen LogP contribution in [-0.2, 0) is 13.1 Å². The molecule has 0 bridgehead atoms. The fourth-order valence-electron chi connectivity index (χ4n) is 3.95. The van der Waals surface area contributed by atoms with Gasteiger partial charge in [-0.2, -0.15) is 0 Å². The van der Waals surface area contributed by atoms with E-state index in [1.165, 1.54) is 41.0 Å². The van der Waals surface area contributed by atoms with Crippen LogP contribution in [0, 0.1) is 0 Å². The molecule has 0 amide bonds. The first-order chi connectivity index (χ1) is 12.3. The van der Waals surface area contributed by atoms with Gasteiger partial charge in [-0.15, -0.1) is 11.8 Å². The second kappa shape index (κ2) is 7.67. The highest BCUT2D eigenvalue weighted by molar-refractivity contribution is 7.98. The van der Waals surface area contributed by atoms with Crippen LogP contribution in [0.15, 0.2) is 59.6 Å². The van der Waals surface area contributed by atoms with Gasteiger partial charge in [-0.25, -0.2) is 0 Å². The van der Waals surface area contributed by atoms with Crippen molar-refractivity contribution in [2.45, 2.75) is 36.9 Å². The molecule has 2 aromatic carbocycles. The van der Waals surface area contributed by atoms with Crippen molar-refractivity contribution in [1.82, 2.24) is 9.80 Å². The van der Waals surface area contributed by atoms with Gasteiger partial charge in [0.05, 0.1) is 0 Å². The molecule has 2 nitrogen and oxygen atoms in total. The highest BCUT2D eigenvalue weighted by Gasteiger charge is 2.25. The van der Waals surface area contributed by atoms with Crippen LogP contribution in [0.5, 0.6) is 0 Å². The molecule has 4 rings (SSSR count). The monoisotopic (exact) mass is 350 g/mol. The number of rotatable bonds is 4. The lowest BCUT2D eigenvalue weighted by molar-refractivity contribution is 0.120. The predicted molar refractivity (Wildman–Crippen MR) is 108 cm³/mol. The number of fused-ring (bicyclic) bond motifs is 1. The van der Waals surface area contributed by atoms with Crippen molar-refractivity contribution < 1.29 is 0 Å². The standard InChI is InChI=1S/C22H26N2S/c1-25-22-10-8-18(9-11-22)15-23-13-4-7-21(17-23)24-14-12-19-5-2-3-6-20(19)16-24/h2-3,5-6,8-12,14,21H,4,7,13,15-17H2,1H3. The minimum atomic E-state index is 0.629. The van der Waals surface area contributed by atoms with Crippen molar-refractivity contribution in [3.05, 3.63) is 71.4 Å². The summed E-state index contributed by atoms with van der Waals surface area (Å²) in [4.78, 5) is 6.51. The molecule has 0 aliphatic carbocycles. The Labute approximate surface area is 155 Å². The lowest BCUT2D eigenvalue weighted by Crippen LogP contribution is -2.45. The zero-order valence-electron chi connectivity index (χ0n) is 14.9. The largest absolute Gasteiger partial charge is 0.369 e. The minimum absolute atomic E-state index is 0.629. The zero-order chi connectivity index (χ0) is 17.1. The second-order valence-electron chi connectivity index (χ2n) is 7.07. The summed E-state index contributed by atoms with van der Waals surface area (Å²) in [5.41, 5.74) is 4.26. The van der Waals surface area contributed by atoms with E-state index in [2.05, 4.69) is 76.9 Å². The third-order valence-corrected chi connectivity index (χ3v) is 6.11. The molecule has 1 unspecified atom stereocenters. The fourth-order valence-corrected chi connectivity index (χ4v) is 4.36. The molecule has 0 aromatic heterocycles. The molecule has 1 fully saturated rings. The summed E-state index contributed by atoms with van der Waals surface area (Å²) >= 11 is 1.81. The Kier molecular flexibility index (Phi) is 5.14. The van der Waals surface area contributed by atoms with Crippen molar-refractivity contribution in [2.24, 2.45) is 0 Å². The molecular weight excluding hydrogens is 324 g/mol. The molecule has 3 heteroatoms. The molecule has 0 radical (unpaired) electrons.